The highest BCUT2D eigenvalue weighted by molar-refractivity contribution is 7.12. The van der Waals surface area contributed by atoms with Gasteiger partial charge in [-0.25, -0.2) is 4.79 Å². The molecule has 0 radical (unpaired) electrons. The number of rotatable bonds is 5. The van der Waals surface area contributed by atoms with Gasteiger partial charge in [0, 0.05) is 19.5 Å². The predicted octanol–water partition coefficient (Wildman–Crippen LogP) is 1.33. The number of carbonyl (C=O) groups is 3. The molecule has 2 rings (SSSR count). The van der Waals surface area contributed by atoms with Crippen molar-refractivity contribution in [1.29, 1.82) is 0 Å². The van der Waals surface area contributed by atoms with E-state index in [0.29, 0.717) is 17.8 Å². The van der Waals surface area contributed by atoms with E-state index in [9.17, 15) is 14.4 Å². The molecular formula is C14H18N2O4S. The van der Waals surface area contributed by atoms with Crippen molar-refractivity contribution in [3.63, 3.8) is 0 Å². The standard InChI is InChI=1S/C14H18N2O4S/c17-12(16-8-2-1-4-10(16)14(19)20)6-7-15-13(18)11-5-3-9-21-11/h3,5,9-10H,1-2,4,6-8H2,(H,15,18)(H,19,20)/t10-/m0/s1. The Labute approximate surface area is 126 Å². The minimum absolute atomic E-state index is 0.126. The Balaban J connectivity index is 1.81. The number of hydrogen-bond acceptors (Lipinski definition) is 4. The highest BCUT2D eigenvalue weighted by atomic mass is 32.1. The fourth-order valence-electron chi connectivity index (χ4n) is 2.41. The maximum absolute atomic E-state index is 12.1. The van der Waals surface area contributed by atoms with Crippen molar-refractivity contribution in [1.82, 2.24) is 10.2 Å². The average Bonchev–Trinajstić information content (AvgIpc) is 3.01. The molecule has 114 valence electrons. The highest BCUT2D eigenvalue weighted by Gasteiger charge is 2.31. The Morgan fingerprint density at radius 1 is 1.38 bits per heavy atom. The second-order valence-electron chi connectivity index (χ2n) is 4.92. The molecule has 2 amide bonds. The topological polar surface area (TPSA) is 86.7 Å². The summed E-state index contributed by atoms with van der Waals surface area (Å²) in [5.41, 5.74) is 0. The first kappa shape index (κ1) is 15.5. The van der Waals surface area contributed by atoms with Gasteiger partial charge in [-0.2, -0.15) is 0 Å². The molecule has 0 saturated carbocycles. The first-order valence-corrected chi connectivity index (χ1v) is 7.81. The quantitative estimate of drug-likeness (QED) is 0.859. The van der Waals surface area contributed by atoms with Crippen molar-refractivity contribution in [3.8, 4) is 0 Å². The fraction of sp³-hybridized carbons (Fsp3) is 0.500. The van der Waals surface area contributed by atoms with Gasteiger partial charge in [-0.05, 0) is 30.7 Å². The Kier molecular flexibility index (Phi) is 5.32. The van der Waals surface area contributed by atoms with Gasteiger partial charge >= 0.3 is 5.97 Å². The van der Waals surface area contributed by atoms with Crippen LogP contribution >= 0.6 is 11.3 Å². The third kappa shape index (κ3) is 4.04. The predicted molar refractivity (Wildman–Crippen MR) is 78.3 cm³/mol. The molecule has 1 fully saturated rings. The van der Waals surface area contributed by atoms with Crippen molar-refractivity contribution in [2.24, 2.45) is 0 Å². The number of amides is 2. The zero-order valence-corrected chi connectivity index (χ0v) is 12.4. The first-order valence-electron chi connectivity index (χ1n) is 6.93. The summed E-state index contributed by atoms with van der Waals surface area (Å²) in [7, 11) is 0. The summed E-state index contributed by atoms with van der Waals surface area (Å²) in [6.07, 6.45) is 2.29. The lowest BCUT2D eigenvalue weighted by Crippen LogP contribution is -2.48. The van der Waals surface area contributed by atoms with Crippen LogP contribution in [0, 0.1) is 0 Å². The number of nitrogens with zero attached hydrogens (tertiary/aromatic N) is 1. The number of carboxylic acid groups (broad SMARTS) is 1. The molecule has 1 aliphatic rings. The van der Waals surface area contributed by atoms with E-state index in [4.69, 9.17) is 5.11 Å². The lowest BCUT2D eigenvalue weighted by Gasteiger charge is -2.33. The minimum atomic E-state index is -0.953. The number of carbonyl (C=O) groups excluding carboxylic acids is 2. The van der Waals surface area contributed by atoms with Gasteiger partial charge < -0.3 is 15.3 Å². The number of piperidine rings is 1. The van der Waals surface area contributed by atoms with E-state index in [1.165, 1.54) is 16.2 Å². The van der Waals surface area contributed by atoms with E-state index in [1.807, 2.05) is 5.38 Å². The third-order valence-electron chi connectivity index (χ3n) is 3.48. The average molecular weight is 310 g/mol. The maximum Gasteiger partial charge on any atom is 0.326 e. The maximum atomic E-state index is 12.1. The molecular weight excluding hydrogens is 292 g/mol. The highest BCUT2D eigenvalue weighted by Crippen LogP contribution is 2.18. The lowest BCUT2D eigenvalue weighted by atomic mass is 10.0. The van der Waals surface area contributed by atoms with Crippen LogP contribution in [-0.4, -0.2) is 46.9 Å². The van der Waals surface area contributed by atoms with Crippen LogP contribution in [0.4, 0.5) is 0 Å². The lowest BCUT2D eigenvalue weighted by molar-refractivity contribution is -0.152. The van der Waals surface area contributed by atoms with Crippen molar-refractivity contribution in [3.05, 3.63) is 22.4 Å². The molecule has 2 N–H and O–H groups in total. The van der Waals surface area contributed by atoms with Crippen LogP contribution in [0.2, 0.25) is 0 Å². The van der Waals surface area contributed by atoms with Crippen molar-refractivity contribution < 1.29 is 19.5 Å². The summed E-state index contributed by atoms with van der Waals surface area (Å²) in [6, 6.07) is 2.78. The van der Waals surface area contributed by atoms with Gasteiger partial charge in [0.05, 0.1) is 4.88 Å². The SMILES string of the molecule is O=C(NCCC(=O)N1CCCC[C@H]1C(=O)O)c1cccs1. The van der Waals surface area contributed by atoms with Crippen LogP contribution in [0.5, 0.6) is 0 Å². The molecule has 1 aromatic heterocycles. The van der Waals surface area contributed by atoms with Crippen LogP contribution in [-0.2, 0) is 9.59 Å². The number of hydrogen-bond donors (Lipinski definition) is 2. The molecule has 1 atom stereocenters. The summed E-state index contributed by atoms with van der Waals surface area (Å²) in [5.74, 6) is -1.37. The van der Waals surface area contributed by atoms with Crippen molar-refractivity contribution in [2.75, 3.05) is 13.1 Å². The van der Waals surface area contributed by atoms with E-state index in [0.717, 1.165) is 12.8 Å². The van der Waals surface area contributed by atoms with Crippen LogP contribution in [0.1, 0.15) is 35.4 Å². The number of thiophene rings is 1. The van der Waals surface area contributed by atoms with Gasteiger partial charge in [-0.1, -0.05) is 6.07 Å². The van der Waals surface area contributed by atoms with E-state index >= 15 is 0 Å². The van der Waals surface area contributed by atoms with E-state index in [1.54, 1.807) is 12.1 Å². The summed E-state index contributed by atoms with van der Waals surface area (Å²) >= 11 is 1.34. The molecule has 0 unspecified atom stereocenters. The van der Waals surface area contributed by atoms with Crippen LogP contribution in [0.25, 0.3) is 0 Å². The molecule has 21 heavy (non-hydrogen) atoms. The normalized spacial score (nSPS) is 18.3. The molecule has 6 nitrogen and oxygen atoms in total. The van der Waals surface area contributed by atoms with E-state index in [-0.39, 0.29) is 24.8 Å². The summed E-state index contributed by atoms with van der Waals surface area (Å²) in [6.45, 7) is 0.701. The third-order valence-corrected chi connectivity index (χ3v) is 4.35. The Morgan fingerprint density at radius 2 is 2.19 bits per heavy atom. The molecule has 0 aliphatic carbocycles. The Bertz CT molecular complexity index is 515. The minimum Gasteiger partial charge on any atom is -0.480 e. The van der Waals surface area contributed by atoms with Gasteiger partial charge in [0.25, 0.3) is 5.91 Å². The van der Waals surface area contributed by atoms with Gasteiger partial charge in [0.1, 0.15) is 6.04 Å². The molecule has 0 bridgehead atoms. The second-order valence-corrected chi connectivity index (χ2v) is 5.87. The molecule has 1 aromatic rings. The van der Waals surface area contributed by atoms with Gasteiger partial charge in [-0.3, -0.25) is 9.59 Å². The first-order chi connectivity index (χ1) is 10.1. The summed E-state index contributed by atoms with van der Waals surface area (Å²) in [5, 5.41) is 13.6. The van der Waals surface area contributed by atoms with Crippen LogP contribution < -0.4 is 5.32 Å². The molecule has 7 heteroatoms. The fourth-order valence-corrected chi connectivity index (χ4v) is 3.05. The Morgan fingerprint density at radius 3 is 2.86 bits per heavy atom. The number of nitrogens with one attached hydrogen (secondary N) is 1. The largest absolute Gasteiger partial charge is 0.480 e. The molecule has 1 aliphatic heterocycles. The second kappa shape index (κ2) is 7.21. The number of likely N-dealkylation sites (tertiary alicyclic amines) is 1. The monoisotopic (exact) mass is 310 g/mol. The van der Waals surface area contributed by atoms with Crippen LogP contribution in [0.3, 0.4) is 0 Å². The molecule has 0 aromatic carbocycles. The molecule has 1 saturated heterocycles. The summed E-state index contributed by atoms with van der Waals surface area (Å²) < 4.78 is 0. The van der Waals surface area contributed by atoms with Crippen molar-refractivity contribution >= 4 is 29.1 Å². The van der Waals surface area contributed by atoms with Gasteiger partial charge in [0.2, 0.25) is 5.91 Å². The zero-order valence-electron chi connectivity index (χ0n) is 11.6. The molecule has 0 spiro atoms. The summed E-state index contributed by atoms with van der Waals surface area (Å²) in [4.78, 5) is 37.0. The van der Waals surface area contributed by atoms with E-state index < -0.39 is 12.0 Å². The van der Waals surface area contributed by atoms with Crippen LogP contribution in [0.15, 0.2) is 17.5 Å². The molecule has 2 heterocycles. The Hall–Kier alpha value is -1.89. The van der Waals surface area contributed by atoms with E-state index in [2.05, 4.69) is 5.32 Å². The number of aliphatic carboxylic acids is 1. The zero-order chi connectivity index (χ0) is 15.2. The van der Waals surface area contributed by atoms with Gasteiger partial charge in [-0.15, -0.1) is 11.3 Å². The number of carboxylic acids is 1. The van der Waals surface area contributed by atoms with Crippen molar-refractivity contribution in [2.45, 2.75) is 31.7 Å². The van der Waals surface area contributed by atoms with Gasteiger partial charge in [0.15, 0.2) is 0 Å². The smallest absolute Gasteiger partial charge is 0.326 e.